The molecule has 0 N–H and O–H groups in total. The molecule has 4 aliphatic carbocycles. The summed E-state index contributed by atoms with van der Waals surface area (Å²) in [6, 6.07) is 0. The van der Waals surface area contributed by atoms with Crippen molar-refractivity contribution in [3.8, 4) is 0 Å². The summed E-state index contributed by atoms with van der Waals surface area (Å²) in [6.07, 6.45) is 6.79. The molecule has 2 atom stereocenters. The molecule has 0 aromatic rings. The van der Waals surface area contributed by atoms with Gasteiger partial charge in [0.25, 0.3) is 0 Å². The van der Waals surface area contributed by atoms with Crippen LogP contribution in [-0.2, 0) is 4.79 Å². The molecular weight excluding hydrogens is 212 g/mol. The summed E-state index contributed by atoms with van der Waals surface area (Å²) in [4.78, 5) is 10.8. The van der Waals surface area contributed by atoms with E-state index in [1.54, 1.807) is 0 Å². The second-order valence-electron chi connectivity index (χ2n) is 6.16. The second kappa shape index (κ2) is 2.91. The topological polar surface area (TPSA) is 40.1 Å². The Morgan fingerprint density at radius 3 is 2.33 bits per heavy atom. The van der Waals surface area contributed by atoms with Crippen LogP contribution in [0, 0.1) is 17.3 Å². The number of halogens is 1. The third kappa shape index (κ3) is 1.57. The molecule has 0 spiro atoms. The summed E-state index contributed by atoms with van der Waals surface area (Å²) < 4.78 is 0. The van der Waals surface area contributed by atoms with Crippen LogP contribution >= 0.6 is 11.6 Å². The maximum atomic E-state index is 10.8. The highest BCUT2D eigenvalue weighted by Gasteiger charge is 2.56. The molecule has 0 heterocycles. The standard InChI is InChI=1S/C12H17ClO2/c13-12-4-8-1-9(5-12)3-11(2-8,7-12)6-10(14)15/h8-9H,1-7H2,(H,14,15)/p-1/t8-,9-,11?,12?/m1/s1. The van der Waals surface area contributed by atoms with Crippen molar-refractivity contribution in [1.29, 1.82) is 0 Å². The van der Waals surface area contributed by atoms with Crippen LogP contribution in [0.25, 0.3) is 0 Å². The van der Waals surface area contributed by atoms with Crippen molar-refractivity contribution in [2.24, 2.45) is 17.3 Å². The van der Waals surface area contributed by atoms with Crippen molar-refractivity contribution < 1.29 is 9.90 Å². The van der Waals surface area contributed by atoms with E-state index in [0.717, 1.165) is 32.1 Å². The first-order chi connectivity index (χ1) is 6.99. The predicted molar refractivity (Wildman–Crippen MR) is 55.3 cm³/mol. The van der Waals surface area contributed by atoms with Gasteiger partial charge in [0.1, 0.15) is 0 Å². The van der Waals surface area contributed by atoms with E-state index in [2.05, 4.69) is 0 Å². The van der Waals surface area contributed by atoms with Gasteiger partial charge < -0.3 is 9.90 Å². The van der Waals surface area contributed by atoms with Crippen molar-refractivity contribution in [2.75, 3.05) is 0 Å². The van der Waals surface area contributed by atoms with Gasteiger partial charge in [0.15, 0.2) is 0 Å². The summed E-state index contributed by atoms with van der Waals surface area (Å²) in [5.74, 6) is 0.475. The van der Waals surface area contributed by atoms with Crippen LogP contribution in [0.2, 0.25) is 0 Å². The van der Waals surface area contributed by atoms with Crippen LogP contribution < -0.4 is 5.11 Å². The van der Waals surface area contributed by atoms with E-state index in [1.807, 2.05) is 0 Å². The third-order valence-corrected chi connectivity index (χ3v) is 5.07. The zero-order valence-corrected chi connectivity index (χ0v) is 9.55. The number of carbonyl (C=O) groups is 1. The zero-order chi connectivity index (χ0) is 10.7. The molecule has 84 valence electrons. The molecule has 0 saturated heterocycles. The van der Waals surface area contributed by atoms with Crippen LogP contribution in [-0.4, -0.2) is 10.8 Å². The first kappa shape index (κ1) is 9.95. The SMILES string of the molecule is O=C([O-])CC12C[C@H]3C[C@@H](CC(Cl)(C3)C1)C2. The molecule has 4 fully saturated rings. The Morgan fingerprint density at radius 1 is 1.27 bits per heavy atom. The molecule has 3 heteroatoms. The summed E-state index contributed by atoms with van der Waals surface area (Å²) in [5.41, 5.74) is -0.00926. The highest BCUT2D eigenvalue weighted by molar-refractivity contribution is 6.24. The maximum absolute atomic E-state index is 10.8. The lowest BCUT2D eigenvalue weighted by molar-refractivity contribution is -0.309. The molecule has 2 nitrogen and oxygen atoms in total. The van der Waals surface area contributed by atoms with Gasteiger partial charge in [-0.05, 0) is 62.2 Å². The number of carboxylic acid groups (broad SMARTS) is 1. The summed E-state index contributed by atoms with van der Waals surface area (Å²) in [7, 11) is 0. The molecule has 0 radical (unpaired) electrons. The normalized spacial score (nSPS) is 52.1. The minimum atomic E-state index is -0.891. The molecule has 15 heavy (non-hydrogen) atoms. The Bertz CT molecular complexity index is 299. The fourth-order valence-corrected chi connectivity index (χ4v) is 5.57. The fraction of sp³-hybridized carbons (Fsp3) is 0.917. The van der Waals surface area contributed by atoms with E-state index in [1.165, 1.54) is 6.42 Å². The van der Waals surface area contributed by atoms with Gasteiger partial charge in [-0.25, -0.2) is 0 Å². The van der Waals surface area contributed by atoms with E-state index >= 15 is 0 Å². The van der Waals surface area contributed by atoms with E-state index in [9.17, 15) is 9.90 Å². The Labute approximate surface area is 95.0 Å². The summed E-state index contributed by atoms with van der Waals surface area (Å²) >= 11 is 6.59. The van der Waals surface area contributed by atoms with Gasteiger partial charge in [-0.3, -0.25) is 0 Å². The number of hydrogen-bond acceptors (Lipinski definition) is 2. The number of alkyl halides is 1. The Hall–Kier alpha value is -0.240. The van der Waals surface area contributed by atoms with Gasteiger partial charge in [0, 0.05) is 10.8 Å². The fourth-order valence-electron chi connectivity index (χ4n) is 4.85. The largest absolute Gasteiger partial charge is 0.550 e. The van der Waals surface area contributed by atoms with E-state index < -0.39 is 5.97 Å². The molecule has 0 aromatic carbocycles. The van der Waals surface area contributed by atoms with Crippen LogP contribution in [0.3, 0.4) is 0 Å². The van der Waals surface area contributed by atoms with Gasteiger partial charge in [-0.1, -0.05) is 0 Å². The maximum Gasteiger partial charge on any atom is 0.0457 e. The predicted octanol–water partition coefficient (Wildman–Crippen LogP) is 1.70. The molecule has 0 amide bonds. The Morgan fingerprint density at radius 2 is 1.87 bits per heavy atom. The first-order valence-electron chi connectivity index (χ1n) is 5.88. The lowest BCUT2D eigenvalue weighted by Crippen LogP contribution is -2.54. The molecule has 0 unspecified atom stereocenters. The number of rotatable bonds is 2. The quantitative estimate of drug-likeness (QED) is 0.674. The molecule has 4 saturated carbocycles. The van der Waals surface area contributed by atoms with E-state index in [4.69, 9.17) is 11.6 Å². The van der Waals surface area contributed by atoms with Gasteiger partial charge in [-0.2, -0.15) is 0 Å². The van der Waals surface area contributed by atoms with E-state index in [-0.39, 0.29) is 16.7 Å². The minimum absolute atomic E-state index is 0.00926. The van der Waals surface area contributed by atoms with Crippen LogP contribution in [0.5, 0.6) is 0 Å². The van der Waals surface area contributed by atoms with Gasteiger partial charge in [0.2, 0.25) is 0 Å². The molecule has 0 aromatic heterocycles. The smallest absolute Gasteiger partial charge is 0.0457 e. The average molecular weight is 228 g/mol. The Kier molecular flexibility index (Phi) is 1.93. The van der Waals surface area contributed by atoms with Crippen molar-refractivity contribution in [3.05, 3.63) is 0 Å². The number of carbonyl (C=O) groups excluding carboxylic acids is 1. The lowest BCUT2D eigenvalue weighted by Gasteiger charge is -2.60. The molecule has 4 bridgehead atoms. The lowest BCUT2D eigenvalue weighted by atomic mass is 9.48. The first-order valence-corrected chi connectivity index (χ1v) is 6.25. The van der Waals surface area contributed by atoms with Crippen LogP contribution in [0.15, 0.2) is 0 Å². The highest BCUT2D eigenvalue weighted by Crippen LogP contribution is 2.64. The average Bonchev–Trinajstić information content (AvgIpc) is 1.94. The van der Waals surface area contributed by atoms with Gasteiger partial charge >= 0.3 is 0 Å². The monoisotopic (exact) mass is 227 g/mol. The van der Waals surface area contributed by atoms with Crippen molar-refractivity contribution in [3.63, 3.8) is 0 Å². The zero-order valence-electron chi connectivity index (χ0n) is 8.80. The molecular formula is C12H16ClO2-. The number of carboxylic acids is 1. The summed E-state index contributed by atoms with van der Waals surface area (Å²) in [5, 5.41) is 10.8. The second-order valence-corrected chi connectivity index (χ2v) is 6.96. The minimum Gasteiger partial charge on any atom is -0.550 e. The highest BCUT2D eigenvalue weighted by atomic mass is 35.5. The Balaban J connectivity index is 1.89. The van der Waals surface area contributed by atoms with Gasteiger partial charge in [0.05, 0.1) is 0 Å². The third-order valence-electron chi connectivity index (χ3n) is 4.63. The van der Waals surface area contributed by atoms with E-state index in [0.29, 0.717) is 11.8 Å². The summed E-state index contributed by atoms with van der Waals surface area (Å²) in [6.45, 7) is 0. The molecule has 4 rings (SSSR count). The molecule has 0 aliphatic heterocycles. The van der Waals surface area contributed by atoms with Gasteiger partial charge in [-0.15, -0.1) is 11.6 Å². The van der Waals surface area contributed by atoms with Crippen molar-refractivity contribution in [1.82, 2.24) is 0 Å². The van der Waals surface area contributed by atoms with Crippen LogP contribution in [0.4, 0.5) is 0 Å². The van der Waals surface area contributed by atoms with Crippen molar-refractivity contribution >= 4 is 17.6 Å². The number of aliphatic carboxylic acids is 1. The van der Waals surface area contributed by atoms with Crippen molar-refractivity contribution in [2.45, 2.75) is 49.8 Å². The molecule has 4 aliphatic rings. The number of hydrogen-bond donors (Lipinski definition) is 0. The van der Waals surface area contributed by atoms with Crippen LogP contribution in [0.1, 0.15) is 44.9 Å².